The highest BCUT2D eigenvalue weighted by atomic mass is 19.3. The summed E-state index contributed by atoms with van der Waals surface area (Å²) < 4.78 is 51.6. The standard InChI is InChI=1S/C13H9F4N3O/c1-6-18-10(12(16)17)5-11(19-6)13(21)20-9-4-7(14)2-3-8(9)15/h2-5,12H,1H3,(H,20,21). The number of hydrogen-bond acceptors (Lipinski definition) is 3. The highest BCUT2D eigenvalue weighted by Crippen LogP contribution is 2.19. The Kier molecular flexibility index (Phi) is 4.15. The van der Waals surface area contributed by atoms with Crippen molar-refractivity contribution in [3.05, 3.63) is 53.1 Å². The van der Waals surface area contributed by atoms with Crippen LogP contribution in [0.1, 0.15) is 28.4 Å². The Labute approximate surface area is 116 Å². The molecule has 2 aromatic rings. The molecule has 0 spiro atoms. The molecule has 2 rings (SSSR count). The SMILES string of the molecule is Cc1nc(C(=O)Nc2cc(F)ccc2F)cc(C(F)F)n1. The first-order chi connectivity index (χ1) is 9.86. The van der Waals surface area contributed by atoms with Crippen LogP contribution < -0.4 is 5.32 Å². The van der Waals surface area contributed by atoms with Crippen molar-refractivity contribution in [2.75, 3.05) is 5.32 Å². The van der Waals surface area contributed by atoms with Gasteiger partial charge in [-0.15, -0.1) is 0 Å². The summed E-state index contributed by atoms with van der Waals surface area (Å²) in [5.74, 6) is -2.58. The Balaban J connectivity index is 2.30. The summed E-state index contributed by atoms with van der Waals surface area (Å²) in [6.45, 7) is 1.34. The fraction of sp³-hybridized carbons (Fsp3) is 0.154. The van der Waals surface area contributed by atoms with E-state index in [1.54, 1.807) is 0 Å². The molecule has 0 atom stereocenters. The third-order valence-electron chi connectivity index (χ3n) is 2.49. The topological polar surface area (TPSA) is 54.9 Å². The van der Waals surface area contributed by atoms with Gasteiger partial charge in [0.2, 0.25) is 0 Å². The van der Waals surface area contributed by atoms with Gasteiger partial charge in [0.25, 0.3) is 12.3 Å². The van der Waals surface area contributed by atoms with Gasteiger partial charge in [-0.05, 0) is 25.1 Å². The van der Waals surface area contributed by atoms with Crippen LogP contribution in [-0.2, 0) is 0 Å². The van der Waals surface area contributed by atoms with Crippen molar-refractivity contribution in [2.24, 2.45) is 0 Å². The second-order valence-electron chi connectivity index (χ2n) is 4.10. The van der Waals surface area contributed by atoms with Crippen LogP contribution in [0, 0.1) is 18.6 Å². The van der Waals surface area contributed by atoms with Crippen molar-refractivity contribution < 1.29 is 22.4 Å². The Morgan fingerprint density at radius 1 is 1.19 bits per heavy atom. The van der Waals surface area contributed by atoms with Gasteiger partial charge in [0, 0.05) is 6.07 Å². The molecule has 1 aromatic carbocycles. The lowest BCUT2D eigenvalue weighted by Crippen LogP contribution is -2.16. The molecule has 0 aliphatic rings. The summed E-state index contributed by atoms with van der Waals surface area (Å²) in [5, 5.41) is 2.07. The van der Waals surface area contributed by atoms with Gasteiger partial charge in [-0.25, -0.2) is 27.5 Å². The molecule has 0 saturated carbocycles. The van der Waals surface area contributed by atoms with Crippen LogP contribution in [0.2, 0.25) is 0 Å². The summed E-state index contributed by atoms with van der Waals surface area (Å²) in [4.78, 5) is 19.0. The lowest BCUT2D eigenvalue weighted by atomic mass is 10.2. The lowest BCUT2D eigenvalue weighted by molar-refractivity contribution is 0.102. The minimum Gasteiger partial charge on any atom is -0.318 e. The quantitative estimate of drug-likeness (QED) is 0.885. The van der Waals surface area contributed by atoms with Crippen LogP contribution in [0.25, 0.3) is 0 Å². The number of benzene rings is 1. The third-order valence-corrected chi connectivity index (χ3v) is 2.49. The monoisotopic (exact) mass is 299 g/mol. The molecule has 1 heterocycles. The molecule has 1 amide bonds. The molecule has 0 saturated heterocycles. The predicted molar refractivity (Wildman–Crippen MR) is 66.0 cm³/mol. The van der Waals surface area contributed by atoms with E-state index in [0.717, 1.165) is 24.3 Å². The van der Waals surface area contributed by atoms with Crippen LogP contribution in [-0.4, -0.2) is 15.9 Å². The molecule has 0 bridgehead atoms. The molecule has 110 valence electrons. The van der Waals surface area contributed by atoms with Crippen LogP contribution >= 0.6 is 0 Å². The predicted octanol–water partition coefficient (Wildman–Crippen LogP) is 3.25. The summed E-state index contributed by atoms with van der Waals surface area (Å²) in [7, 11) is 0. The molecule has 0 unspecified atom stereocenters. The van der Waals surface area contributed by atoms with Gasteiger partial charge in [0.1, 0.15) is 28.8 Å². The molecule has 1 aromatic heterocycles. The molecule has 0 aliphatic carbocycles. The van der Waals surface area contributed by atoms with E-state index in [1.165, 1.54) is 6.92 Å². The molecule has 21 heavy (non-hydrogen) atoms. The van der Waals surface area contributed by atoms with E-state index in [0.29, 0.717) is 0 Å². The molecule has 4 nitrogen and oxygen atoms in total. The van der Waals surface area contributed by atoms with E-state index in [9.17, 15) is 22.4 Å². The number of carbonyl (C=O) groups is 1. The largest absolute Gasteiger partial charge is 0.318 e. The fourth-order valence-corrected chi connectivity index (χ4v) is 1.60. The molecular formula is C13H9F4N3O. The van der Waals surface area contributed by atoms with Crippen molar-refractivity contribution in [1.82, 2.24) is 9.97 Å². The number of halogens is 4. The van der Waals surface area contributed by atoms with Gasteiger partial charge in [-0.2, -0.15) is 0 Å². The second-order valence-corrected chi connectivity index (χ2v) is 4.10. The second kappa shape index (κ2) is 5.86. The van der Waals surface area contributed by atoms with Crippen LogP contribution in [0.5, 0.6) is 0 Å². The smallest absolute Gasteiger partial charge is 0.280 e. The maximum atomic E-state index is 13.4. The third kappa shape index (κ3) is 3.53. The average molecular weight is 299 g/mol. The van der Waals surface area contributed by atoms with Crippen molar-refractivity contribution in [3.63, 3.8) is 0 Å². The van der Waals surface area contributed by atoms with E-state index in [-0.39, 0.29) is 11.5 Å². The van der Waals surface area contributed by atoms with E-state index in [2.05, 4.69) is 15.3 Å². The number of nitrogens with zero attached hydrogens (tertiary/aromatic N) is 2. The van der Waals surface area contributed by atoms with E-state index in [4.69, 9.17) is 0 Å². The minimum absolute atomic E-state index is 0.0299. The van der Waals surface area contributed by atoms with Gasteiger partial charge >= 0.3 is 0 Å². The van der Waals surface area contributed by atoms with Crippen molar-refractivity contribution in [3.8, 4) is 0 Å². The van der Waals surface area contributed by atoms with Crippen molar-refractivity contribution in [2.45, 2.75) is 13.3 Å². The number of anilines is 1. The number of carbonyl (C=O) groups excluding carboxylic acids is 1. The van der Waals surface area contributed by atoms with E-state index >= 15 is 0 Å². The normalized spacial score (nSPS) is 10.8. The zero-order chi connectivity index (χ0) is 15.6. The highest BCUT2D eigenvalue weighted by Gasteiger charge is 2.17. The van der Waals surface area contributed by atoms with Gasteiger partial charge in [-0.3, -0.25) is 4.79 Å². The zero-order valence-corrected chi connectivity index (χ0v) is 10.7. The van der Waals surface area contributed by atoms with Crippen molar-refractivity contribution >= 4 is 11.6 Å². The van der Waals surface area contributed by atoms with E-state index in [1.807, 2.05) is 0 Å². The molecule has 8 heteroatoms. The zero-order valence-electron chi connectivity index (χ0n) is 10.7. The fourth-order valence-electron chi connectivity index (χ4n) is 1.60. The first kappa shape index (κ1) is 14.9. The maximum Gasteiger partial charge on any atom is 0.280 e. The average Bonchev–Trinajstić information content (AvgIpc) is 2.42. The van der Waals surface area contributed by atoms with Gasteiger partial charge in [0.05, 0.1) is 5.69 Å². The Bertz CT molecular complexity index is 691. The summed E-state index contributed by atoms with van der Waals surface area (Å²) in [5.41, 5.74) is -1.39. The van der Waals surface area contributed by atoms with Gasteiger partial charge < -0.3 is 5.32 Å². The summed E-state index contributed by atoms with van der Waals surface area (Å²) >= 11 is 0. The van der Waals surface area contributed by atoms with Gasteiger partial charge in [-0.1, -0.05) is 0 Å². The number of hydrogen-bond donors (Lipinski definition) is 1. The lowest BCUT2D eigenvalue weighted by Gasteiger charge is -2.08. The molecular weight excluding hydrogens is 290 g/mol. The Morgan fingerprint density at radius 2 is 1.90 bits per heavy atom. The highest BCUT2D eigenvalue weighted by molar-refractivity contribution is 6.03. The number of amides is 1. The van der Waals surface area contributed by atoms with Crippen LogP contribution in [0.15, 0.2) is 24.3 Å². The number of aryl methyl sites for hydroxylation is 1. The van der Waals surface area contributed by atoms with Gasteiger partial charge in [0.15, 0.2) is 0 Å². The first-order valence-corrected chi connectivity index (χ1v) is 5.77. The molecule has 1 N–H and O–H groups in total. The first-order valence-electron chi connectivity index (χ1n) is 5.77. The Morgan fingerprint density at radius 3 is 2.57 bits per heavy atom. The molecule has 0 fully saturated rings. The maximum absolute atomic E-state index is 13.4. The van der Waals surface area contributed by atoms with Crippen LogP contribution in [0.4, 0.5) is 23.2 Å². The summed E-state index contributed by atoms with van der Waals surface area (Å²) in [6, 6.07) is 3.29. The number of nitrogens with one attached hydrogen (secondary N) is 1. The molecule has 0 radical (unpaired) electrons. The summed E-state index contributed by atoms with van der Waals surface area (Å²) in [6.07, 6.45) is -2.87. The minimum atomic E-state index is -2.87. The Hall–Kier alpha value is -2.51. The number of rotatable bonds is 3. The molecule has 0 aliphatic heterocycles. The number of aromatic nitrogens is 2. The van der Waals surface area contributed by atoms with Crippen LogP contribution in [0.3, 0.4) is 0 Å². The number of alkyl halides is 2. The van der Waals surface area contributed by atoms with E-state index < -0.39 is 35.3 Å². The van der Waals surface area contributed by atoms with Crippen molar-refractivity contribution in [1.29, 1.82) is 0 Å².